The molecule has 24 heavy (non-hydrogen) atoms. The summed E-state index contributed by atoms with van der Waals surface area (Å²) in [7, 11) is 0. The van der Waals surface area contributed by atoms with Gasteiger partial charge in [-0.05, 0) is 33.9 Å². The normalized spacial score (nSPS) is 10.8. The number of carboxylic acids is 1. The molecule has 0 radical (unpaired) electrons. The van der Waals surface area contributed by atoms with Crippen molar-refractivity contribution < 1.29 is 15.0 Å². The molecule has 0 heterocycles. The monoisotopic (exact) mass is 334 g/mol. The van der Waals surface area contributed by atoms with E-state index in [9.17, 15) is 9.90 Å². The van der Waals surface area contributed by atoms with Gasteiger partial charge in [0.2, 0.25) is 0 Å². The summed E-state index contributed by atoms with van der Waals surface area (Å²) in [5.74, 6) is -0.461. The topological polar surface area (TPSA) is 57.5 Å². The Labute approximate surface area is 147 Å². The van der Waals surface area contributed by atoms with Crippen molar-refractivity contribution in [3.8, 4) is 5.75 Å². The van der Waals surface area contributed by atoms with Gasteiger partial charge in [0, 0.05) is 6.42 Å². The number of rotatable bonds is 3. The molecule has 0 aliphatic rings. The minimum Gasteiger partial charge on any atom is -0.507 e. The van der Waals surface area contributed by atoms with Gasteiger partial charge in [-0.2, -0.15) is 0 Å². The minimum atomic E-state index is -0.798. The fourth-order valence-corrected chi connectivity index (χ4v) is 2.23. The number of aromatic hydroxyl groups is 1. The van der Waals surface area contributed by atoms with Gasteiger partial charge in [-0.25, -0.2) is 0 Å². The zero-order chi connectivity index (χ0) is 19.7. The maximum atomic E-state index is 10.8. The smallest absolute Gasteiger partial charge is 0.303 e. The van der Waals surface area contributed by atoms with Gasteiger partial charge in [-0.1, -0.05) is 53.7 Å². The molecule has 0 fully saturated rings. The first kappa shape index (κ1) is 24.2. The molecule has 0 aliphatic carbocycles. The van der Waals surface area contributed by atoms with E-state index in [0.717, 1.165) is 16.7 Å². The molecule has 0 atom stereocenters. The second-order valence-corrected chi connectivity index (χ2v) is 7.43. The molecular weight excluding hydrogens is 300 g/mol. The highest BCUT2D eigenvalue weighted by atomic mass is 16.4. The summed E-state index contributed by atoms with van der Waals surface area (Å²) < 4.78 is 0. The van der Waals surface area contributed by atoms with Crippen LogP contribution in [0.3, 0.4) is 0 Å². The van der Waals surface area contributed by atoms with Gasteiger partial charge in [-0.15, -0.1) is 26.3 Å². The van der Waals surface area contributed by atoms with Crippen LogP contribution in [0.15, 0.2) is 38.4 Å². The van der Waals surface area contributed by atoms with E-state index in [2.05, 4.69) is 67.9 Å². The molecule has 3 nitrogen and oxygen atoms in total. The lowest BCUT2D eigenvalue weighted by atomic mass is 9.78. The standard InChI is InChI=1S/C17H26O3.2C2H4/c1-16(2,3)12-9-11(7-8-14(18)19)10-13(15(12)20)17(4,5)6;2*1-2/h9-10,20H,7-8H2,1-6H3,(H,18,19);2*1-2H2. The number of phenols is 1. The summed E-state index contributed by atoms with van der Waals surface area (Å²) in [5, 5.41) is 19.4. The maximum absolute atomic E-state index is 10.8. The third-order valence-corrected chi connectivity index (χ3v) is 3.41. The first-order chi connectivity index (χ1) is 10.9. The summed E-state index contributed by atoms with van der Waals surface area (Å²) in [4.78, 5) is 10.8. The van der Waals surface area contributed by atoms with Crippen LogP contribution < -0.4 is 0 Å². The molecule has 1 rings (SSSR count). The molecule has 0 amide bonds. The first-order valence-electron chi connectivity index (χ1n) is 8.01. The van der Waals surface area contributed by atoms with Gasteiger partial charge in [0.05, 0.1) is 0 Å². The third-order valence-electron chi connectivity index (χ3n) is 3.41. The molecule has 0 aliphatic heterocycles. The van der Waals surface area contributed by atoms with Crippen molar-refractivity contribution in [2.75, 3.05) is 0 Å². The van der Waals surface area contributed by atoms with Crippen LogP contribution in [0.1, 0.15) is 64.7 Å². The van der Waals surface area contributed by atoms with Crippen LogP contribution in [-0.4, -0.2) is 16.2 Å². The average Bonchev–Trinajstić information content (AvgIpc) is 2.47. The van der Waals surface area contributed by atoms with Crippen LogP contribution in [0.5, 0.6) is 5.75 Å². The summed E-state index contributed by atoms with van der Waals surface area (Å²) in [6.07, 6.45) is 0.597. The van der Waals surface area contributed by atoms with E-state index in [1.54, 1.807) is 0 Å². The van der Waals surface area contributed by atoms with Crippen molar-refractivity contribution in [1.82, 2.24) is 0 Å². The lowest BCUT2D eigenvalue weighted by Crippen LogP contribution is -2.18. The molecule has 1 aromatic rings. The first-order valence-corrected chi connectivity index (χ1v) is 8.01. The van der Waals surface area contributed by atoms with Crippen molar-refractivity contribution in [2.24, 2.45) is 0 Å². The zero-order valence-corrected chi connectivity index (χ0v) is 16.2. The number of benzene rings is 1. The van der Waals surface area contributed by atoms with Crippen molar-refractivity contribution >= 4 is 5.97 Å². The lowest BCUT2D eigenvalue weighted by Gasteiger charge is -2.28. The fourth-order valence-electron chi connectivity index (χ4n) is 2.23. The number of carboxylic acid groups (broad SMARTS) is 1. The molecule has 0 unspecified atom stereocenters. The Morgan fingerprint density at radius 2 is 1.25 bits per heavy atom. The van der Waals surface area contributed by atoms with Gasteiger partial charge in [0.25, 0.3) is 0 Å². The third kappa shape index (κ3) is 7.49. The Kier molecular flexibility index (Phi) is 10.1. The average molecular weight is 335 g/mol. The summed E-state index contributed by atoms with van der Waals surface area (Å²) in [5.41, 5.74) is 2.38. The van der Waals surface area contributed by atoms with Gasteiger partial charge in [-0.3, -0.25) is 4.79 Å². The van der Waals surface area contributed by atoms with Crippen molar-refractivity contribution in [3.05, 3.63) is 55.1 Å². The second-order valence-electron chi connectivity index (χ2n) is 7.43. The number of aryl methyl sites for hydroxylation is 1. The van der Waals surface area contributed by atoms with Crippen LogP contribution in [0, 0.1) is 0 Å². The van der Waals surface area contributed by atoms with E-state index >= 15 is 0 Å². The van der Waals surface area contributed by atoms with Gasteiger partial charge >= 0.3 is 5.97 Å². The summed E-state index contributed by atoms with van der Waals surface area (Å²) in [6, 6.07) is 3.88. The Morgan fingerprint density at radius 1 is 0.917 bits per heavy atom. The minimum absolute atomic E-state index is 0.109. The zero-order valence-electron chi connectivity index (χ0n) is 16.2. The number of aliphatic carboxylic acids is 1. The summed E-state index contributed by atoms with van der Waals surface area (Å²) >= 11 is 0. The van der Waals surface area contributed by atoms with Crippen LogP contribution in [0.25, 0.3) is 0 Å². The molecule has 0 bridgehead atoms. The van der Waals surface area contributed by atoms with Crippen LogP contribution in [0.4, 0.5) is 0 Å². The molecule has 0 aromatic heterocycles. The molecule has 136 valence electrons. The molecule has 1 aromatic carbocycles. The van der Waals surface area contributed by atoms with Crippen molar-refractivity contribution in [1.29, 1.82) is 0 Å². The van der Waals surface area contributed by atoms with E-state index in [4.69, 9.17) is 5.11 Å². The van der Waals surface area contributed by atoms with Crippen LogP contribution in [-0.2, 0) is 22.0 Å². The predicted octanol–water partition coefficient (Wildman–Crippen LogP) is 5.61. The van der Waals surface area contributed by atoms with Gasteiger partial charge in [0.15, 0.2) is 0 Å². The molecule has 0 saturated heterocycles. The highest BCUT2D eigenvalue weighted by Crippen LogP contribution is 2.39. The van der Waals surface area contributed by atoms with Gasteiger partial charge in [0.1, 0.15) is 5.75 Å². The van der Waals surface area contributed by atoms with Crippen molar-refractivity contribution in [3.63, 3.8) is 0 Å². The largest absolute Gasteiger partial charge is 0.507 e. The summed E-state index contributed by atoms with van der Waals surface area (Å²) in [6.45, 7) is 24.3. The second kappa shape index (κ2) is 9.96. The van der Waals surface area contributed by atoms with E-state index in [1.165, 1.54) is 0 Å². The van der Waals surface area contributed by atoms with Crippen LogP contribution in [0.2, 0.25) is 0 Å². The number of hydrogen-bond donors (Lipinski definition) is 2. The number of phenolic OH excluding ortho intramolecular Hbond substituents is 1. The molecular formula is C21H34O3. The SMILES string of the molecule is C=C.C=C.CC(C)(C)c1cc(CCC(=O)O)cc(C(C)(C)C)c1O. The Bertz CT molecular complexity index is 494. The lowest BCUT2D eigenvalue weighted by molar-refractivity contribution is -0.136. The number of carbonyl (C=O) groups is 1. The van der Waals surface area contributed by atoms with Crippen molar-refractivity contribution in [2.45, 2.75) is 65.2 Å². The van der Waals surface area contributed by atoms with E-state index in [1.807, 2.05) is 12.1 Å². The molecule has 0 saturated carbocycles. The Balaban J connectivity index is 0. The van der Waals surface area contributed by atoms with E-state index < -0.39 is 5.97 Å². The quantitative estimate of drug-likeness (QED) is 0.706. The van der Waals surface area contributed by atoms with Crippen LogP contribution >= 0.6 is 0 Å². The Morgan fingerprint density at radius 3 is 1.50 bits per heavy atom. The maximum Gasteiger partial charge on any atom is 0.303 e. The number of hydrogen-bond acceptors (Lipinski definition) is 2. The molecule has 0 spiro atoms. The van der Waals surface area contributed by atoms with E-state index in [-0.39, 0.29) is 17.3 Å². The molecule has 3 heteroatoms. The molecule has 2 N–H and O–H groups in total. The van der Waals surface area contributed by atoms with E-state index in [0.29, 0.717) is 12.2 Å². The predicted molar refractivity (Wildman–Crippen MR) is 104 cm³/mol. The van der Waals surface area contributed by atoms with Gasteiger partial charge < -0.3 is 10.2 Å². The Hall–Kier alpha value is -2.03. The highest BCUT2D eigenvalue weighted by molar-refractivity contribution is 5.67. The highest BCUT2D eigenvalue weighted by Gasteiger charge is 2.26. The fraction of sp³-hybridized carbons (Fsp3) is 0.476.